The van der Waals surface area contributed by atoms with E-state index in [4.69, 9.17) is 14.2 Å². The first-order chi connectivity index (χ1) is 12.5. The lowest BCUT2D eigenvalue weighted by Crippen LogP contribution is -2.40. The summed E-state index contributed by atoms with van der Waals surface area (Å²) in [6, 6.07) is 7.18. The van der Waals surface area contributed by atoms with Crippen LogP contribution in [0.4, 0.5) is 0 Å². The molecule has 0 bridgehead atoms. The molecule has 0 radical (unpaired) electrons. The fourth-order valence-electron chi connectivity index (χ4n) is 3.03. The van der Waals surface area contributed by atoms with Crippen LogP contribution in [0.3, 0.4) is 0 Å². The molecule has 1 aliphatic heterocycles. The molecule has 1 aromatic heterocycles. The van der Waals surface area contributed by atoms with Crippen LogP contribution in [0.15, 0.2) is 34.1 Å². The van der Waals surface area contributed by atoms with Crippen LogP contribution < -0.4 is 9.61 Å². The third-order valence-electron chi connectivity index (χ3n) is 4.24. The summed E-state index contributed by atoms with van der Waals surface area (Å²) in [6.45, 7) is 0. The number of rotatable bonds is 4. The fourth-order valence-corrected chi connectivity index (χ4v) is 5.53. The lowest BCUT2D eigenvalue weighted by atomic mass is 9.82. The van der Waals surface area contributed by atoms with Crippen molar-refractivity contribution in [1.82, 2.24) is 4.98 Å². The maximum Gasteiger partial charge on any atom is 0.320 e. The summed E-state index contributed by atoms with van der Waals surface area (Å²) in [5.74, 6) is -1.72. The smallest absolute Gasteiger partial charge is 0.320 e. The number of benzene rings is 1. The molecule has 1 N–H and O–H groups in total. The minimum absolute atomic E-state index is 0.241. The number of ether oxygens (including phenoxy) is 3. The van der Waals surface area contributed by atoms with Gasteiger partial charge in [0.1, 0.15) is 11.0 Å². The van der Waals surface area contributed by atoms with Gasteiger partial charge in [0.2, 0.25) is 0 Å². The lowest BCUT2D eigenvalue weighted by Gasteiger charge is -2.34. The van der Waals surface area contributed by atoms with Crippen molar-refractivity contribution in [3.8, 4) is 5.75 Å². The summed E-state index contributed by atoms with van der Waals surface area (Å²) in [5.41, 5.74) is 0.784. The van der Waals surface area contributed by atoms with E-state index in [9.17, 15) is 14.4 Å². The number of aromatic amines is 1. The molecule has 0 saturated carbocycles. The number of fused-ring (bicyclic) bond motifs is 1. The Morgan fingerprint density at radius 3 is 2.27 bits per heavy atom. The number of carbonyl (C=O) groups is 2. The summed E-state index contributed by atoms with van der Waals surface area (Å²) < 4.78 is 15.0. The van der Waals surface area contributed by atoms with Crippen molar-refractivity contribution >= 4 is 35.0 Å². The first-order valence-corrected chi connectivity index (χ1v) is 9.39. The van der Waals surface area contributed by atoms with E-state index in [0.29, 0.717) is 15.7 Å². The van der Waals surface area contributed by atoms with Gasteiger partial charge < -0.3 is 19.2 Å². The van der Waals surface area contributed by atoms with Gasteiger partial charge in [-0.2, -0.15) is 0 Å². The molecule has 7 nitrogen and oxygen atoms in total. The van der Waals surface area contributed by atoms with E-state index < -0.39 is 29.0 Å². The molecule has 1 aliphatic rings. The van der Waals surface area contributed by atoms with Gasteiger partial charge in [0.15, 0.2) is 0 Å². The van der Waals surface area contributed by atoms with Crippen LogP contribution in [0.5, 0.6) is 5.75 Å². The van der Waals surface area contributed by atoms with Gasteiger partial charge in [-0.05, 0) is 17.7 Å². The Hall–Kier alpha value is -2.26. The largest absolute Gasteiger partial charge is 0.497 e. The minimum atomic E-state index is -0.822. The molecular formula is C17H17NO6S2. The monoisotopic (exact) mass is 395 g/mol. The molecule has 9 heteroatoms. The van der Waals surface area contributed by atoms with E-state index in [1.54, 1.807) is 19.2 Å². The molecule has 2 aromatic rings. The molecule has 2 heterocycles. The van der Waals surface area contributed by atoms with Gasteiger partial charge in [0.05, 0.1) is 32.3 Å². The lowest BCUT2D eigenvalue weighted by molar-refractivity contribution is -0.151. The normalized spacial score (nSPS) is 21.6. The average molecular weight is 395 g/mol. The van der Waals surface area contributed by atoms with Crippen LogP contribution >= 0.6 is 23.1 Å². The van der Waals surface area contributed by atoms with E-state index in [1.165, 1.54) is 14.2 Å². The van der Waals surface area contributed by atoms with Crippen LogP contribution in [0.25, 0.3) is 0 Å². The molecule has 0 unspecified atom stereocenters. The standard InChI is InChI=1S/C17H17NO6S2/c1-22-9-6-4-8(5-7-9)10-11(15(19)23-2)13(16(20)24-3)25-14-12(10)26-17(21)18-14/h4-7,10-11,13H,1-3H3,(H,18,21)/t10-,11-,13+/m0/s1. The number of H-pyrrole nitrogens is 1. The maximum atomic E-state index is 12.6. The highest BCUT2D eigenvalue weighted by atomic mass is 32.2. The van der Waals surface area contributed by atoms with Gasteiger partial charge in [0, 0.05) is 10.8 Å². The zero-order chi connectivity index (χ0) is 18.8. The van der Waals surface area contributed by atoms with E-state index >= 15 is 0 Å². The number of nitrogens with one attached hydrogen (secondary N) is 1. The highest BCUT2D eigenvalue weighted by molar-refractivity contribution is 8.00. The van der Waals surface area contributed by atoms with Gasteiger partial charge in [-0.3, -0.25) is 14.4 Å². The van der Waals surface area contributed by atoms with Crippen LogP contribution in [-0.4, -0.2) is 43.5 Å². The van der Waals surface area contributed by atoms with Crippen molar-refractivity contribution in [2.75, 3.05) is 21.3 Å². The third-order valence-corrected chi connectivity index (χ3v) is 6.63. The highest BCUT2D eigenvalue weighted by Gasteiger charge is 2.48. The Labute approximate surface area is 157 Å². The van der Waals surface area contributed by atoms with Crippen molar-refractivity contribution in [3.63, 3.8) is 0 Å². The first-order valence-electron chi connectivity index (χ1n) is 7.69. The number of esters is 2. The molecule has 0 saturated heterocycles. The second-order valence-electron chi connectivity index (χ2n) is 5.57. The Kier molecular flexibility index (Phi) is 5.38. The van der Waals surface area contributed by atoms with Crippen LogP contribution in [0.2, 0.25) is 0 Å². The molecule has 26 heavy (non-hydrogen) atoms. The number of methoxy groups -OCH3 is 3. The highest BCUT2D eigenvalue weighted by Crippen LogP contribution is 2.49. The molecule has 0 fully saturated rings. The Balaban J connectivity index is 2.17. The van der Waals surface area contributed by atoms with Crippen molar-refractivity contribution < 1.29 is 23.8 Å². The Morgan fingerprint density at radius 2 is 1.69 bits per heavy atom. The van der Waals surface area contributed by atoms with Crippen LogP contribution in [0, 0.1) is 5.92 Å². The summed E-state index contributed by atoms with van der Waals surface area (Å²) >= 11 is 2.16. The van der Waals surface area contributed by atoms with Gasteiger partial charge in [0.25, 0.3) is 0 Å². The topological polar surface area (TPSA) is 94.7 Å². The predicted octanol–water partition coefficient (Wildman–Crippen LogP) is 2.01. The molecule has 138 valence electrons. The molecule has 0 amide bonds. The van der Waals surface area contributed by atoms with E-state index in [2.05, 4.69) is 4.98 Å². The zero-order valence-electron chi connectivity index (χ0n) is 14.3. The van der Waals surface area contributed by atoms with Crippen molar-refractivity contribution in [1.29, 1.82) is 0 Å². The zero-order valence-corrected chi connectivity index (χ0v) is 15.9. The first kappa shape index (κ1) is 18.5. The van der Waals surface area contributed by atoms with E-state index in [1.807, 2.05) is 12.1 Å². The number of thioether (sulfide) groups is 1. The summed E-state index contributed by atoms with van der Waals surface area (Å²) in [4.78, 5) is 40.0. The Morgan fingerprint density at radius 1 is 1.04 bits per heavy atom. The van der Waals surface area contributed by atoms with E-state index in [0.717, 1.165) is 28.7 Å². The summed E-state index contributed by atoms with van der Waals surface area (Å²) in [6.07, 6.45) is 0. The maximum absolute atomic E-state index is 12.6. The van der Waals surface area contributed by atoms with E-state index in [-0.39, 0.29) is 4.87 Å². The van der Waals surface area contributed by atoms with Crippen molar-refractivity contribution in [2.24, 2.45) is 5.92 Å². The molecule has 3 atom stereocenters. The summed E-state index contributed by atoms with van der Waals surface area (Å²) in [7, 11) is 4.11. The van der Waals surface area contributed by atoms with Gasteiger partial charge >= 0.3 is 16.8 Å². The molecule has 0 aliphatic carbocycles. The SMILES string of the molecule is COC(=O)[C@H]1[C@H](c2ccc(OC)cc2)c2sc(=O)[nH]c2S[C@H]1C(=O)OC. The van der Waals surface area contributed by atoms with Crippen LogP contribution in [-0.2, 0) is 19.1 Å². The second-order valence-corrected chi connectivity index (χ2v) is 7.74. The number of thiazole rings is 1. The van der Waals surface area contributed by atoms with Gasteiger partial charge in [-0.15, -0.1) is 0 Å². The van der Waals surface area contributed by atoms with Crippen LogP contribution in [0.1, 0.15) is 16.4 Å². The minimum Gasteiger partial charge on any atom is -0.497 e. The molecular weight excluding hydrogens is 378 g/mol. The second kappa shape index (κ2) is 7.55. The number of aromatic nitrogens is 1. The van der Waals surface area contributed by atoms with Crippen molar-refractivity contribution in [3.05, 3.63) is 44.4 Å². The third kappa shape index (κ3) is 3.24. The molecule has 3 rings (SSSR count). The number of carbonyl (C=O) groups excluding carboxylic acids is 2. The average Bonchev–Trinajstić information content (AvgIpc) is 3.05. The van der Waals surface area contributed by atoms with Gasteiger partial charge in [-0.25, -0.2) is 0 Å². The predicted molar refractivity (Wildman–Crippen MR) is 96.9 cm³/mol. The van der Waals surface area contributed by atoms with Gasteiger partial charge in [-0.1, -0.05) is 35.2 Å². The quantitative estimate of drug-likeness (QED) is 0.792. The molecule has 0 spiro atoms. The Bertz CT molecular complexity index is 872. The number of hydrogen-bond acceptors (Lipinski definition) is 8. The summed E-state index contributed by atoms with van der Waals surface area (Å²) in [5, 5.41) is -0.242. The fraction of sp³-hybridized carbons (Fsp3) is 0.353. The molecule has 1 aromatic carbocycles. The number of hydrogen-bond donors (Lipinski definition) is 1. The van der Waals surface area contributed by atoms with Crippen molar-refractivity contribution in [2.45, 2.75) is 16.2 Å².